The fraction of sp³-hybridized carbons (Fsp3) is 0.160. The van der Waals surface area contributed by atoms with E-state index >= 15 is 0 Å². The van der Waals surface area contributed by atoms with E-state index in [9.17, 15) is 4.79 Å². The highest BCUT2D eigenvalue weighted by Crippen LogP contribution is 2.25. The van der Waals surface area contributed by atoms with Crippen LogP contribution in [-0.2, 0) is 13.1 Å². The highest BCUT2D eigenvalue weighted by molar-refractivity contribution is 6.33. The molecule has 34 heavy (non-hydrogen) atoms. The van der Waals surface area contributed by atoms with Gasteiger partial charge in [0, 0.05) is 29.9 Å². The molecule has 174 valence electrons. The van der Waals surface area contributed by atoms with E-state index in [1.54, 1.807) is 43.1 Å². The molecule has 0 saturated carbocycles. The molecule has 2 aromatic heterocycles. The van der Waals surface area contributed by atoms with Gasteiger partial charge in [-0.1, -0.05) is 53.5 Å². The summed E-state index contributed by atoms with van der Waals surface area (Å²) in [7, 11) is 1.60. The minimum atomic E-state index is -0.315. The summed E-state index contributed by atoms with van der Waals surface area (Å²) in [6.07, 6.45) is 1.64. The summed E-state index contributed by atoms with van der Waals surface area (Å²) < 4.78 is 12.5. The summed E-state index contributed by atoms with van der Waals surface area (Å²) in [5, 5.41) is 8.16. The monoisotopic (exact) mass is 496 g/mol. The number of nitrogens with one attached hydrogen (secondary N) is 1. The first-order valence-electron chi connectivity index (χ1n) is 10.5. The lowest BCUT2D eigenvalue weighted by atomic mass is 10.2. The molecule has 0 radical (unpaired) electrons. The number of nitrogens with zero attached hydrogens (tertiary/aromatic N) is 3. The van der Waals surface area contributed by atoms with Crippen LogP contribution in [0.1, 0.15) is 27.2 Å². The van der Waals surface area contributed by atoms with Crippen molar-refractivity contribution in [1.29, 1.82) is 0 Å². The zero-order chi connectivity index (χ0) is 24.1. The number of aryl methyl sites for hydroxylation is 1. The van der Waals surface area contributed by atoms with Crippen LogP contribution in [0.2, 0.25) is 10.2 Å². The number of halogens is 2. The molecule has 9 heteroatoms. The Morgan fingerprint density at radius 1 is 1.06 bits per heavy atom. The third-order valence-corrected chi connectivity index (χ3v) is 5.84. The lowest BCUT2D eigenvalue weighted by molar-refractivity contribution is 0.0950. The number of benzene rings is 2. The normalized spacial score (nSPS) is 10.7. The molecular formula is C25H22Cl2N4O3. The second-order valence-corrected chi connectivity index (χ2v) is 8.23. The molecule has 2 heterocycles. The third kappa shape index (κ3) is 5.50. The lowest BCUT2D eigenvalue weighted by Gasteiger charge is -2.08. The van der Waals surface area contributed by atoms with E-state index in [1.165, 1.54) is 0 Å². The van der Waals surface area contributed by atoms with E-state index in [0.29, 0.717) is 40.2 Å². The number of ether oxygens (including phenoxy) is 2. The molecule has 1 amide bonds. The van der Waals surface area contributed by atoms with Crippen LogP contribution in [0.5, 0.6) is 17.4 Å². The van der Waals surface area contributed by atoms with Gasteiger partial charge in [-0.2, -0.15) is 5.10 Å². The van der Waals surface area contributed by atoms with Crippen molar-refractivity contribution in [3.05, 3.63) is 99.4 Å². The van der Waals surface area contributed by atoms with Crippen molar-refractivity contribution >= 4 is 29.1 Å². The van der Waals surface area contributed by atoms with Crippen LogP contribution in [0.25, 0.3) is 0 Å². The highest BCUT2D eigenvalue weighted by Gasteiger charge is 2.20. The zero-order valence-electron chi connectivity index (χ0n) is 18.6. The molecule has 4 rings (SSSR count). The van der Waals surface area contributed by atoms with Gasteiger partial charge in [0.25, 0.3) is 5.91 Å². The number of hydrogen-bond acceptors (Lipinski definition) is 5. The van der Waals surface area contributed by atoms with Crippen LogP contribution in [0.15, 0.2) is 66.9 Å². The topological polar surface area (TPSA) is 78.3 Å². The smallest absolute Gasteiger partial charge is 0.256 e. The minimum absolute atomic E-state index is 0.259. The second-order valence-electron chi connectivity index (χ2n) is 7.47. The fourth-order valence-electron chi connectivity index (χ4n) is 3.34. The van der Waals surface area contributed by atoms with Crippen LogP contribution in [0, 0.1) is 6.92 Å². The molecule has 4 aromatic rings. The van der Waals surface area contributed by atoms with E-state index in [-0.39, 0.29) is 17.6 Å². The number of carbonyl (C=O) groups excluding carboxylic acids is 1. The number of amides is 1. The Kier molecular flexibility index (Phi) is 7.35. The van der Waals surface area contributed by atoms with Gasteiger partial charge in [0.15, 0.2) is 0 Å². The summed E-state index contributed by atoms with van der Waals surface area (Å²) in [4.78, 5) is 17.1. The van der Waals surface area contributed by atoms with Gasteiger partial charge in [-0.25, -0.2) is 9.67 Å². The summed E-state index contributed by atoms with van der Waals surface area (Å²) in [6, 6.07) is 18.3. The van der Waals surface area contributed by atoms with E-state index in [2.05, 4.69) is 15.4 Å². The summed E-state index contributed by atoms with van der Waals surface area (Å²) >= 11 is 12.7. The first-order chi connectivity index (χ1) is 16.4. The molecule has 0 atom stereocenters. The average molecular weight is 497 g/mol. The quantitative estimate of drug-likeness (QED) is 0.339. The predicted molar refractivity (Wildman–Crippen MR) is 131 cm³/mol. The molecule has 1 N–H and O–H groups in total. The molecule has 0 saturated heterocycles. The zero-order valence-corrected chi connectivity index (χ0v) is 20.1. The maximum absolute atomic E-state index is 12.8. The van der Waals surface area contributed by atoms with Crippen LogP contribution in [0.3, 0.4) is 0 Å². The highest BCUT2D eigenvalue weighted by atomic mass is 35.5. The molecule has 2 aromatic carbocycles. The first kappa shape index (κ1) is 23.6. The Balaban J connectivity index is 1.39. The molecule has 0 aliphatic heterocycles. The van der Waals surface area contributed by atoms with Crippen molar-refractivity contribution in [2.75, 3.05) is 7.11 Å². The van der Waals surface area contributed by atoms with Gasteiger partial charge in [0.05, 0.1) is 24.9 Å². The van der Waals surface area contributed by atoms with Gasteiger partial charge in [0.2, 0.25) is 5.88 Å². The average Bonchev–Trinajstić information content (AvgIpc) is 3.12. The molecular weight excluding hydrogens is 475 g/mol. The number of aromatic nitrogens is 3. The van der Waals surface area contributed by atoms with Crippen molar-refractivity contribution in [3.63, 3.8) is 0 Å². The number of methoxy groups -OCH3 is 1. The van der Waals surface area contributed by atoms with Gasteiger partial charge in [-0.3, -0.25) is 4.79 Å². The van der Waals surface area contributed by atoms with Crippen LogP contribution in [-0.4, -0.2) is 27.8 Å². The van der Waals surface area contributed by atoms with Gasteiger partial charge in [-0.05, 0) is 36.2 Å². The molecule has 0 aliphatic carbocycles. The molecule has 0 spiro atoms. The van der Waals surface area contributed by atoms with E-state index in [0.717, 1.165) is 11.1 Å². The summed E-state index contributed by atoms with van der Waals surface area (Å²) in [5.74, 6) is 1.43. The number of hydrogen-bond donors (Lipinski definition) is 1. The van der Waals surface area contributed by atoms with Gasteiger partial charge >= 0.3 is 0 Å². The Bertz CT molecular complexity index is 1310. The largest absolute Gasteiger partial charge is 0.497 e. The van der Waals surface area contributed by atoms with Gasteiger partial charge in [0.1, 0.15) is 16.7 Å². The SMILES string of the molecule is COc1cccc(Oc2ccc(CNC(=O)c3c(C)nn(Cc4ccccc4Cl)c3Cl)cn2)c1. The number of rotatable bonds is 8. The fourth-order valence-corrected chi connectivity index (χ4v) is 3.85. The van der Waals surface area contributed by atoms with Crippen molar-refractivity contribution < 1.29 is 14.3 Å². The Morgan fingerprint density at radius 3 is 2.59 bits per heavy atom. The Hall–Kier alpha value is -3.55. The summed E-state index contributed by atoms with van der Waals surface area (Å²) in [6.45, 7) is 2.39. The van der Waals surface area contributed by atoms with Gasteiger partial charge in [-0.15, -0.1) is 0 Å². The maximum Gasteiger partial charge on any atom is 0.256 e. The molecule has 0 bridgehead atoms. The third-order valence-electron chi connectivity index (χ3n) is 5.08. The first-order valence-corrected chi connectivity index (χ1v) is 11.2. The molecule has 0 aliphatic rings. The van der Waals surface area contributed by atoms with Crippen molar-refractivity contribution in [1.82, 2.24) is 20.1 Å². The van der Waals surface area contributed by atoms with Crippen LogP contribution in [0.4, 0.5) is 0 Å². The van der Waals surface area contributed by atoms with Crippen LogP contribution < -0.4 is 14.8 Å². The minimum Gasteiger partial charge on any atom is -0.497 e. The maximum atomic E-state index is 12.8. The van der Waals surface area contributed by atoms with E-state index < -0.39 is 0 Å². The van der Waals surface area contributed by atoms with Crippen molar-refractivity contribution in [3.8, 4) is 17.4 Å². The number of pyridine rings is 1. The van der Waals surface area contributed by atoms with Crippen molar-refractivity contribution in [2.45, 2.75) is 20.0 Å². The van der Waals surface area contributed by atoms with Crippen LogP contribution >= 0.6 is 23.2 Å². The van der Waals surface area contributed by atoms with Gasteiger partial charge < -0.3 is 14.8 Å². The Morgan fingerprint density at radius 2 is 1.85 bits per heavy atom. The standard InChI is InChI=1S/C25H22Cl2N4O3/c1-16-23(24(27)31(30-16)15-18-6-3-4-9-21(18)26)25(32)29-14-17-10-11-22(28-13-17)34-20-8-5-7-19(12-20)33-2/h3-13H,14-15H2,1-2H3,(H,29,32). The molecule has 0 unspecified atom stereocenters. The molecule has 7 nitrogen and oxygen atoms in total. The second kappa shape index (κ2) is 10.6. The number of carbonyl (C=O) groups is 1. The lowest BCUT2D eigenvalue weighted by Crippen LogP contribution is -2.23. The molecule has 0 fully saturated rings. The predicted octanol–water partition coefficient (Wildman–Crippen LogP) is 5.67. The summed E-state index contributed by atoms with van der Waals surface area (Å²) in [5.41, 5.74) is 2.54. The van der Waals surface area contributed by atoms with E-state index in [4.69, 9.17) is 32.7 Å². The van der Waals surface area contributed by atoms with Crippen molar-refractivity contribution in [2.24, 2.45) is 0 Å². The van der Waals surface area contributed by atoms with E-state index in [1.807, 2.05) is 42.5 Å². The Labute approximate surface area is 207 Å².